The van der Waals surface area contributed by atoms with Gasteiger partial charge in [-0.1, -0.05) is 11.6 Å². The topological polar surface area (TPSA) is 29.5 Å². The summed E-state index contributed by atoms with van der Waals surface area (Å²) < 4.78 is 45.0. The summed E-state index contributed by atoms with van der Waals surface area (Å²) in [6, 6.07) is 5.46. The van der Waals surface area contributed by atoms with Crippen LogP contribution in [0.2, 0.25) is 0 Å². The van der Waals surface area contributed by atoms with Crippen molar-refractivity contribution in [3.8, 4) is 5.75 Å². The fourth-order valence-corrected chi connectivity index (χ4v) is 3.64. The van der Waals surface area contributed by atoms with Crippen LogP contribution in [-0.2, 0) is 0 Å². The zero-order valence-electron chi connectivity index (χ0n) is 11.9. The Morgan fingerprint density at radius 3 is 2.76 bits per heavy atom. The van der Waals surface area contributed by atoms with Crippen molar-refractivity contribution in [1.29, 1.82) is 0 Å². The van der Waals surface area contributed by atoms with Gasteiger partial charge in [0.15, 0.2) is 0 Å². The molecule has 0 bridgehead atoms. The number of aliphatic hydroxyl groups excluding tert-OH is 1. The van der Waals surface area contributed by atoms with Crippen LogP contribution >= 0.6 is 0 Å². The number of aliphatic hydroxyl groups is 1. The van der Waals surface area contributed by atoms with E-state index in [0.29, 0.717) is 24.2 Å². The minimum atomic E-state index is -4.19. The molecule has 1 aromatic carbocycles. The maximum Gasteiger partial charge on any atom is 0.391 e. The van der Waals surface area contributed by atoms with Crippen molar-refractivity contribution in [2.45, 2.75) is 56.9 Å². The van der Waals surface area contributed by atoms with E-state index in [1.807, 2.05) is 19.1 Å². The van der Waals surface area contributed by atoms with Gasteiger partial charge in [0.1, 0.15) is 11.4 Å². The van der Waals surface area contributed by atoms with E-state index in [9.17, 15) is 18.3 Å². The standard InChI is InChI=1S/C16H19F3O2/c1-10-4-5-14-12(7-10)13(20)9-15(21-14)6-2-3-11(8-15)16(17,18)19/h4-5,7,11,13,20H,2-3,6,8-9H2,1H3/t11?,13-,15?/m1/s1. The molecule has 3 rings (SSSR count). The van der Waals surface area contributed by atoms with E-state index in [-0.39, 0.29) is 19.3 Å². The number of benzene rings is 1. The Morgan fingerprint density at radius 1 is 1.29 bits per heavy atom. The number of ether oxygens (including phenoxy) is 1. The van der Waals surface area contributed by atoms with Crippen LogP contribution in [0.4, 0.5) is 13.2 Å². The van der Waals surface area contributed by atoms with Crippen LogP contribution in [0, 0.1) is 12.8 Å². The van der Waals surface area contributed by atoms with Gasteiger partial charge >= 0.3 is 6.18 Å². The summed E-state index contributed by atoms with van der Waals surface area (Å²) in [5.74, 6) is -0.798. The summed E-state index contributed by atoms with van der Waals surface area (Å²) in [5.41, 5.74) is 0.819. The Morgan fingerprint density at radius 2 is 2.05 bits per heavy atom. The summed E-state index contributed by atoms with van der Waals surface area (Å²) in [7, 11) is 0. The molecule has 2 unspecified atom stereocenters. The third kappa shape index (κ3) is 2.76. The average molecular weight is 300 g/mol. The van der Waals surface area contributed by atoms with Gasteiger partial charge in [-0.2, -0.15) is 13.2 Å². The lowest BCUT2D eigenvalue weighted by molar-refractivity contribution is -0.201. The zero-order valence-corrected chi connectivity index (χ0v) is 11.9. The summed E-state index contributed by atoms with van der Waals surface area (Å²) in [6.07, 6.45) is -3.53. The second-order valence-electron chi connectivity index (χ2n) is 6.38. The van der Waals surface area contributed by atoms with Gasteiger partial charge in [-0.15, -0.1) is 0 Å². The van der Waals surface area contributed by atoms with Gasteiger partial charge in [-0.3, -0.25) is 0 Å². The Labute approximate surface area is 121 Å². The first-order chi connectivity index (χ1) is 9.79. The number of hydrogen-bond donors (Lipinski definition) is 1. The Balaban J connectivity index is 1.89. The largest absolute Gasteiger partial charge is 0.487 e. The van der Waals surface area contributed by atoms with E-state index in [4.69, 9.17) is 4.74 Å². The van der Waals surface area contributed by atoms with Crippen LogP contribution < -0.4 is 4.74 Å². The van der Waals surface area contributed by atoms with Crippen molar-refractivity contribution in [1.82, 2.24) is 0 Å². The lowest BCUT2D eigenvalue weighted by Gasteiger charge is -2.45. The highest BCUT2D eigenvalue weighted by molar-refractivity contribution is 5.41. The summed E-state index contributed by atoms with van der Waals surface area (Å²) in [5, 5.41) is 10.3. The van der Waals surface area contributed by atoms with Crippen LogP contribution in [0.3, 0.4) is 0 Å². The molecule has 2 nitrogen and oxygen atoms in total. The average Bonchev–Trinajstić information content (AvgIpc) is 2.39. The van der Waals surface area contributed by atoms with Crippen molar-refractivity contribution in [2.75, 3.05) is 0 Å². The highest BCUT2D eigenvalue weighted by atomic mass is 19.4. The van der Waals surface area contributed by atoms with Crippen molar-refractivity contribution in [3.05, 3.63) is 29.3 Å². The lowest BCUT2D eigenvalue weighted by Crippen LogP contribution is -2.47. The van der Waals surface area contributed by atoms with Crippen LogP contribution in [0.1, 0.15) is 49.3 Å². The van der Waals surface area contributed by atoms with E-state index in [2.05, 4.69) is 0 Å². The number of fused-ring (bicyclic) bond motifs is 1. The molecule has 1 heterocycles. The molecular weight excluding hydrogens is 281 g/mol. The maximum atomic E-state index is 13.0. The van der Waals surface area contributed by atoms with E-state index in [1.165, 1.54) is 0 Å². The first-order valence-electron chi connectivity index (χ1n) is 7.33. The summed E-state index contributed by atoms with van der Waals surface area (Å²) >= 11 is 0. The second kappa shape index (κ2) is 4.90. The molecule has 116 valence electrons. The van der Waals surface area contributed by atoms with Crippen molar-refractivity contribution >= 4 is 0 Å². The minimum absolute atomic E-state index is 0.0547. The molecule has 21 heavy (non-hydrogen) atoms. The minimum Gasteiger partial charge on any atom is -0.487 e. The highest BCUT2D eigenvalue weighted by Gasteiger charge is 2.51. The van der Waals surface area contributed by atoms with E-state index in [0.717, 1.165) is 5.56 Å². The number of hydrogen-bond acceptors (Lipinski definition) is 2. The first kappa shape index (κ1) is 14.7. The molecule has 1 fully saturated rings. The molecule has 1 aliphatic carbocycles. The van der Waals surface area contributed by atoms with Gasteiger partial charge in [0, 0.05) is 12.0 Å². The van der Waals surface area contributed by atoms with Gasteiger partial charge in [-0.25, -0.2) is 0 Å². The fraction of sp³-hybridized carbons (Fsp3) is 0.625. The van der Waals surface area contributed by atoms with Gasteiger partial charge < -0.3 is 9.84 Å². The van der Waals surface area contributed by atoms with Gasteiger partial charge in [-0.05, 0) is 44.7 Å². The molecule has 1 spiro atoms. The number of aryl methyl sites for hydroxylation is 1. The first-order valence-corrected chi connectivity index (χ1v) is 7.33. The van der Waals surface area contributed by atoms with E-state index in [1.54, 1.807) is 6.07 Å². The molecule has 1 aliphatic heterocycles. The highest BCUT2D eigenvalue weighted by Crippen LogP contribution is 2.50. The lowest BCUT2D eigenvalue weighted by atomic mass is 9.73. The Hall–Kier alpha value is -1.23. The molecule has 5 heteroatoms. The number of halogens is 3. The Bertz CT molecular complexity index is 541. The molecule has 1 N–H and O–H groups in total. The van der Waals surface area contributed by atoms with Crippen LogP contribution in [0.25, 0.3) is 0 Å². The molecule has 1 saturated carbocycles. The van der Waals surface area contributed by atoms with Crippen LogP contribution in [0.15, 0.2) is 18.2 Å². The smallest absolute Gasteiger partial charge is 0.391 e. The number of alkyl halides is 3. The van der Waals surface area contributed by atoms with E-state index < -0.39 is 23.8 Å². The van der Waals surface area contributed by atoms with Gasteiger partial charge in [0.25, 0.3) is 0 Å². The van der Waals surface area contributed by atoms with Crippen molar-refractivity contribution in [3.63, 3.8) is 0 Å². The summed E-state index contributed by atoms with van der Waals surface area (Å²) in [4.78, 5) is 0. The molecule has 0 radical (unpaired) electrons. The van der Waals surface area contributed by atoms with Gasteiger partial charge in [0.05, 0.1) is 12.0 Å². The SMILES string of the molecule is Cc1ccc2c(c1)[C@H](O)CC1(CCCC(C(F)(F)F)C1)O2. The predicted molar refractivity (Wildman–Crippen MR) is 72.1 cm³/mol. The third-order valence-electron chi connectivity index (χ3n) is 4.68. The summed E-state index contributed by atoms with van der Waals surface area (Å²) in [6.45, 7) is 1.91. The zero-order chi connectivity index (χ0) is 15.3. The monoisotopic (exact) mass is 300 g/mol. The molecule has 2 aliphatic rings. The quantitative estimate of drug-likeness (QED) is 0.774. The van der Waals surface area contributed by atoms with Crippen molar-refractivity contribution < 1.29 is 23.0 Å². The maximum absolute atomic E-state index is 13.0. The molecule has 1 aromatic rings. The van der Waals surface area contributed by atoms with Crippen LogP contribution in [-0.4, -0.2) is 16.9 Å². The molecule has 0 aromatic heterocycles. The molecule has 3 atom stereocenters. The molecule has 0 amide bonds. The normalized spacial score (nSPS) is 32.6. The van der Waals surface area contributed by atoms with Gasteiger partial charge in [0.2, 0.25) is 0 Å². The van der Waals surface area contributed by atoms with E-state index >= 15 is 0 Å². The van der Waals surface area contributed by atoms with Crippen molar-refractivity contribution in [2.24, 2.45) is 5.92 Å². The van der Waals surface area contributed by atoms with Crippen LogP contribution in [0.5, 0.6) is 5.75 Å². The third-order valence-corrected chi connectivity index (χ3v) is 4.68. The second-order valence-corrected chi connectivity index (χ2v) is 6.38. The number of rotatable bonds is 0. The Kier molecular flexibility index (Phi) is 3.43. The molecular formula is C16H19F3O2. The predicted octanol–water partition coefficient (Wildman–Crippen LogP) is 4.30. The fourth-order valence-electron chi connectivity index (χ4n) is 3.64. The molecule has 0 saturated heterocycles.